The zero-order chi connectivity index (χ0) is 39.9. The fourth-order valence-corrected chi connectivity index (χ4v) is 7.38. The van der Waals surface area contributed by atoms with Gasteiger partial charge in [-0.15, -0.1) is 0 Å². The van der Waals surface area contributed by atoms with E-state index in [2.05, 4.69) is 32.7 Å². The lowest BCUT2D eigenvalue weighted by atomic mass is 9.91. The van der Waals surface area contributed by atoms with Crippen LogP contribution in [0, 0.1) is 5.92 Å². The van der Waals surface area contributed by atoms with E-state index in [0.29, 0.717) is 38.0 Å². The second-order valence-corrected chi connectivity index (χ2v) is 16.3. The van der Waals surface area contributed by atoms with Crippen LogP contribution in [-0.4, -0.2) is 85.8 Å². The topological polar surface area (TPSA) is 96.4 Å². The summed E-state index contributed by atoms with van der Waals surface area (Å²) >= 11 is 0. The number of ether oxygens (including phenoxy) is 2. The number of rotatable bonds is 41. The van der Waals surface area contributed by atoms with E-state index in [-0.39, 0.29) is 31.0 Å². The number of carbonyl (C=O) groups is 3. The number of amides is 1. The van der Waals surface area contributed by atoms with E-state index in [0.717, 1.165) is 96.4 Å². The normalized spacial score (nSPS) is 12.6. The average molecular weight is 767 g/mol. The third kappa shape index (κ3) is 33.6. The van der Waals surface area contributed by atoms with Crippen molar-refractivity contribution < 1.29 is 29.0 Å². The Hall–Kier alpha value is -1.67. The summed E-state index contributed by atoms with van der Waals surface area (Å²) in [6, 6.07) is 0.474. The van der Waals surface area contributed by atoms with Crippen LogP contribution in [0.5, 0.6) is 0 Å². The summed E-state index contributed by atoms with van der Waals surface area (Å²) in [5.41, 5.74) is 0. The molecule has 8 nitrogen and oxygen atoms in total. The number of hydrogen-bond donors (Lipinski definition) is 1. The van der Waals surface area contributed by atoms with Gasteiger partial charge in [0, 0.05) is 32.5 Å². The van der Waals surface area contributed by atoms with Crippen molar-refractivity contribution in [3.63, 3.8) is 0 Å². The van der Waals surface area contributed by atoms with Crippen molar-refractivity contribution in [1.29, 1.82) is 0 Å². The number of unbranched alkanes of at least 4 members (excludes halogenated alkanes) is 19. The van der Waals surface area contributed by atoms with Gasteiger partial charge in [-0.2, -0.15) is 0 Å². The standard InChI is InChI=1S/C46H90N2O6/c1-6-9-12-15-17-19-26-35-45(51)53-38-29-20-24-33-43(47(4)36-27-28-37-49)34-25-21-30-39-54-46(52)41-48(5)44(50)40-42(31-22-14-11-8-3)32-23-18-16-13-10-7-2/h42-43,49H,6-41H2,1-5H3. The lowest BCUT2D eigenvalue weighted by Gasteiger charge is -2.28. The lowest BCUT2D eigenvalue weighted by molar-refractivity contribution is -0.149. The van der Waals surface area contributed by atoms with Gasteiger partial charge in [-0.3, -0.25) is 14.4 Å². The van der Waals surface area contributed by atoms with E-state index in [1.807, 2.05) is 0 Å². The van der Waals surface area contributed by atoms with Crippen molar-refractivity contribution in [3.8, 4) is 0 Å². The van der Waals surface area contributed by atoms with Gasteiger partial charge in [0.15, 0.2) is 0 Å². The molecule has 0 fully saturated rings. The molecule has 0 rings (SSSR count). The molecule has 0 aromatic carbocycles. The monoisotopic (exact) mass is 767 g/mol. The molecule has 0 aromatic rings. The quantitative estimate of drug-likeness (QED) is 0.0489. The Balaban J connectivity index is 4.41. The van der Waals surface area contributed by atoms with Crippen molar-refractivity contribution in [2.75, 3.05) is 47.0 Å². The SMILES string of the molecule is CCCCCCCCCC(=O)OCCCCCC(CCCCCOC(=O)CN(C)C(=O)CC(CCCCCC)CCCCCCCC)N(C)CCCCO. The molecular formula is C46H90N2O6. The first kappa shape index (κ1) is 52.3. The molecule has 8 heteroatoms. The Morgan fingerprint density at radius 1 is 0.519 bits per heavy atom. The maximum absolute atomic E-state index is 13.1. The molecule has 1 amide bonds. The van der Waals surface area contributed by atoms with Crippen LogP contribution in [0.25, 0.3) is 0 Å². The van der Waals surface area contributed by atoms with Crippen molar-refractivity contribution in [2.45, 2.75) is 226 Å². The molecule has 0 bridgehead atoms. The molecule has 54 heavy (non-hydrogen) atoms. The molecule has 0 aliphatic rings. The highest BCUT2D eigenvalue weighted by molar-refractivity contribution is 5.82. The molecular weight excluding hydrogens is 677 g/mol. The summed E-state index contributed by atoms with van der Waals surface area (Å²) in [4.78, 5) is 41.8. The second kappa shape index (κ2) is 39.6. The zero-order valence-corrected chi connectivity index (χ0v) is 36.5. The first-order chi connectivity index (χ1) is 26.3. The minimum absolute atomic E-state index is 0.0253. The van der Waals surface area contributed by atoms with Gasteiger partial charge >= 0.3 is 11.9 Å². The first-order valence-corrected chi connectivity index (χ1v) is 23.1. The second-order valence-electron chi connectivity index (χ2n) is 16.3. The van der Waals surface area contributed by atoms with Crippen LogP contribution in [0.4, 0.5) is 0 Å². The summed E-state index contributed by atoms with van der Waals surface area (Å²) in [6.07, 6.45) is 34.2. The maximum Gasteiger partial charge on any atom is 0.325 e. The minimum atomic E-state index is -0.314. The van der Waals surface area contributed by atoms with Crippen LogP contribution < -0.4 is 0 Å². The number of esters is 2. The van der Waals surface area contributed by atoms with Gasteiger partial charge in [-0.25, -0.2) is 0 Å². The Morgan fingerprint density at radius 2 is 0.963 bits per heavy atom. The molecule has 320 valence electrons. The summed E-state index contributed by atoms with van der Waals surface area (Å²) in [7, 11) is 3.93. The Bertz CT molecular complexity index is 855. The summed E-state index contributed by atoms with van der Waals surface area (Å²) in [5, 5.41) is 9.24. The van der Waals surface area contributed by atoms with E-state index in [1.54, 1.807) is 11.9 Å². The third-order valence-electron chi connectivity index (χ3n) is 11.1. The number of carbonyl (C=O) groups excluding carboxylic acids is 3. The van der Waals surface area contributed by atoms with Gasteiger partial charge in [-0.05, 0) is 77.3 Å². The number of aliphatic hydroxyl groups excluding tert-OH is 1. The van der Waals surface area contributed by atoms with Crippen LogP contribution in [0.2, 0.25) is 0 Å². The van der Waals surface area contributed by atoms with E-state index in [9.17, 15) is 19.5 Å². The van der Waals surface area contributed by atoms with Gasteiger partial charge in [0.05, 0.1) is 13.2 Å². The molecule has 1 N–H and O–H groups in total. The molecule has 0 aromatic heterocycles. The summed E-state index contributed by atoms with van der Waals surface area (Å²) in [5.74, 6) is 0.108. The highest BCUT2D eigenvalue weighted by Gasteiger charge is 2.19. The maximum atomic E-state index is 13.1. The molecule has 0 aliphatic carbocycles. The van der Waals surface area contributed by atoms with Crippen LogP contribution in [0.3, 0.4) is 0 Å². The number of likely N-dealkylation sites (N-methyl/N-ethyl adjacent to an activating group) is 1. The van der Waals surface area contributed by atoms with E-state index >= 15 is 0 Å². The Labute approximate surface area is 334 Å². The molecule has 0 heterocycles. The van der Waals surface area contributed by atoms with Crippen molar-refractivity contribution >= 4 is 17.8 Å². The number of nitrogens with zero attached hydrogens (tertiary/aromatic N) is 2. The lowest BCUT2D eigenvalue weighted by Crippen LogP contribution is -2.34. The molecule has 0 aliphatic heterocycles. The molecule has 0 saturated heterocycles. The van der Waals surface area contributed by atoms with Crippen LogP contribution in [0.15, 0.2) is 0 Å². The molecule has 2 unspecified atom stereocenters. The van der Waals surface area contributed by atoms with E-state index < -0.39 is 0 Å². The van der Waals surface area contributed by atoms with Crippen LogP contribution in [-0.2, 0) is 23.9 Å². The fraction of sp³-hybridized carbons (Fsp3) is 0.935. The highest BCUT2D eigenvalue weighted by Crippen LogP contribution is 2.23. The van der Waals surface area contributed by atoms with Gasteiger partial charge in [0.1, 0.15) is 6.54 Å². The largest absolute Gasteiger partial charge is 0.466 e. The average Bonchev–Trinajstić information content (AvgIpc) is 3.15. The Morgan fingerprint density at radius 3 is 1.50 bits per heavy atom. The van der Waals surface area contributed by atoms with Gasteiger partial charge in [0.2, 0.25) is 5.91 Å². The molecule has 0 spiro atoms. The van der Waals surface area contributed by atoms with Gasteiger partial charge < -0.3 is 24.4 Å². The van der Waals surface area contributed by atoms with Crippen molar-refractivity contribution in [2.24, 2.45) is 5.92 Å². The van der Waals surface area contributed by atoms with Gasteiger partial charge in [-0.1, -0.05) is 149 Å². The molecule has 2 atom stereocenters. The predicted octanol–water partition coefficient (Wildman–Crippen LogP) is 11.6. The predicted molar refractivity (Wildman–Crippen MR) is 227 cm³/mol. The third-order valence-corrected chi connectivity index (χ3v) is 11.1. The highest BCUT2D eigenvalue weighted by atomic mass is 16.5. The van der Waals surface area contributed by atoms with Crippen molar-refractivity contribution in [3.05, 3.63) is 0 Å². The zero-order valence-electron chi connectivity index (χ0n) is 36.5. The number of hydrogen-bond acceptors (Lipinski definition) is 7. The Kier molecular flexibility index (Phi) is 38.3. The van der Waals surface area contributed by atoms with Crippen LogP contribution >= 0.6 is 0 Å². The van der Waals surface area contributed by atoms with Gasteiger partial charge in [0.25, 0.3) is 0 Å². The van der Waals surface area contributed by atoms with E-state index in [4.69, 9.17) is 9.47 Å². The summed E-state index contributed by atoms with van der Waals surface area (Å²) in [6.45, 7) is 8.86. The van der Waals surface area contributed by atoms with Crippen molar-refractivity contribution in [1.82, 2.24) is 9.80 Å². The molecule has 0 saturated carbocycles. The summed E-state index contributed by atoms with van der Waals surface area (Å²) < 4.78 is 11.0. The van der Waals surface area contributed by atoms with Crippen LogP contribution in [0.1, 0.15) is 220 Å². The first-order valence-electron chi connectivity index (χ1n) is 23.1. The minimum Gasteiger partial charge on any atom is -0.466 e. The number of aliphatic hydroxyl groups is 1. The molecule has 0 radical (unpaired) electrons. The van der Waals surface area contributed by atoms with E-state index in [1.165, 1.54) is 96.3 Å². The smallest absolute Gasteiger partial charge is 0.325 e. The fourth-order valence-electron chi connectivity index (χ4n) is 7.38.